The second-order valence-corrected chi connectivity index (χ2v) is 4.05. The van der Waals surface area contributed by atoms with Gasteiger partial charge in [-0.05, 0) is 18.6 Å². The number of hydrazone groups is 1. The zero-order valence-corrected chi connectivity index (χ0v) is 8.21. The van der Waals surface area contributed by atoms with Crippen LogP contribution in [-0.4, -0.2) is 11.6 Å². The van der Waals surface area contributed by atoms with Crippen LogP contribution in [0.2, 0.25) is 0 Å². The Morgan fingerprint density at radius 3 is 2.88 bits per heavy atom. The highest BCUT2D eigenvalue weighted by atomic mass is 19.1. The highest BCUT2D eigenvalue weighted by molar-refractivity contribution is 6.09. The molecule has 3 rings (SSSR count). The monoisotopic (exact) mass is 222 g/mol. The predicted octanol–water partition coefficient (Wildman–Crippen LogP) is 1.43. The molecule has 0 saturated heterocycles. The molecule has 82 valence electrons. The van der Waals surface area contributed by atoms with Crippen LogP contribution in [0.3, 0.4) is 0 Å². The summed E-state index contributed by atoms with van der Waals surface area (Å²) in [5.74, 6) is -1.46. The number of nitrogens with zero attached hydrogens (tertiary/aromatic N) is 1. The van der Waals surface area contributed by atoms with Crippen LogP contribution >= 0.6 is 0 Å². The Bertz CT molecular complexity index is 513. The van der Waals surface area contributed by atoms with E-state index in [1.54, 1.807) is 0 Å². The largest absolute Gasteiger partial charge is 0.273 e. The van der Waals surface area contributed by atoms with Gasteiger partial charge >= 0.3 is 0 Å². The Kier molecular flexibility index (Phi) is 1.83. The van der Waals surface area contributed by atoms with E-state index in [2.05, 4.69) is 10.5 Å². The molecule has 16 heavy (non-hydrogen) atoms. The summed E-state index contributed by atoms with van der Waals surface area (Å²) in [7, 11) is 0. The van der Waals surface area contributed by atoms with Gasteiger partial charge in [0.25, 0.3) is 0 Å². The third-order valence-electron chi connectivity index (χ3n) is 2.97. The first-order valence-corrected chi connectivity index (χ1v) is 4.99. The molecule has 2 unspecified atom stereocenters. The Hall–Kier alpha value is -1.78. The van der Waals surface area contributed by atoms with Crippen LogP contribution in [-0.2, 0) is 4.79 Å². The van der Waals surface area contributed by atoms with Gasteiger partial charge in [-0.15, -0.1) is 0 Å². The van der Waals surface area contributed by atoms with E-state index in [9.17, 15) is 13.6 Å². The number of carbonyl (C=O) groups excluding carboxylic acids is 1. The van der Waals surface area contributed by atoms with Crippen molar-refractivity contribution >= 4 is 11.6 Å². The molecule has 0 bridgehead atoms. The molecule has 1 heterocycles. The van der Waals surface area contributed by atoms with Gasteiger partial charge in [-0.1, -0.05) is 0 Å². The summed E-state index contributed by atoms with van der Waals surface area (Å²) >= 11 is 0. The minimum Gasteiger partial charge on any atom is -0.273 e. The predicted molar refractivity (Wildman–Crippen MR) is 52.6 cm³/mol. The molecule has 1 aromatic rings. The minimum absolute atomic E-state index is 0.00582. The lowest BCUT2D eigenvalue weighted by Gasteiger charge is -2.12. The van der Waals surface area contributed by atoms with Crippen LogP contribution in [0.1, 0.15) is 12.0 Å². The fourth-order valence-corrected chi connectivity index (χ4v) is 2.03. The maximum Gasteiger partial charge on any atom is 0.243 e. The smallest absolute Gasteiger partial charge is 0.243 e. The number of carbonyl (C=O) groups is 1. The number of nitrogens with one attached hydrogen (secondary N) is 1. The van der Waals surface area contributed by atoms with Crippen molar-refractivity contribution in [3.05, 3.63) is 35.4 Å². The van der Waals surface area contributed by atoms with Crippen molar-refractivity contribution < 1.29 is 13.6 Å². The van der Waals surface area contributed by atoms with Crippen LogP contribution < -0.4 is 5.43 Å². The van der Waals surface area contributed by atoms with Crippen molar-refractivity contribution in [1.82, 2.24) is 5.43 Å². The number of fused-ring (bicyclic) bond motifs is 1. The van der Waals surface area contributed by atoms with Gasteiger partial charge in [-0.3, -0.25) is 4.79 Å². The summed E-state index contributed by atoms with van der Waals surface area (Å²) < 4.78 is 26.2. The number of halogens is 2. The molecule has 1 N–H and O–H groups in total. The molecule has 1 aromatic carbocycles. The first kappa shape index (κ1) is 9.45. The lowest BCUT2D eigenvalue weighted by atomic mass is 10.0. The molecular formula is C11H8F2N2O. The summed E-state index contributed by atoms with van der Waals surface area (Å²) in [6, 6.07) is 3.37. The van der Waals surface area contributed by atoms with E-state index in [1.165, 1.54) is 12.1 Å². The van der Waals surface area contributed by atoms with Crippen LogP contribution in [0.5, 0.6) is 0 Å². The van der Waals surface area contributed by atoms with E-state index in [1.807, 2.05) is 0 Å². The van der Waals surface area contributed by atoms with Crippen molar-refractivity contribution in [2.75, 3.05) is 0 Å². The molecule has 5 heteroatoms. The molecular weight excluding hydrogens is 214 g/mol. The first-order chi connectivity index (χ1) is 7.66. The molecule has 1 aliphatic heterocycles. The molecule has 0 aromatic heterocycles. The van der Waals surface area contributed by atoms with Gasteiger partial charge in [0.15, 0.2) is 0 Å². The Morgan fingerprint density at radius 2 is 2.12 bits per heavy atom. The first-order valence-electron chi connectivity index (χ1n) is 4.99. The Morgan fingerprint density at radius 1 is 1.31 bits per heavy atom. The van der Waals surface area contributed by atoms with E-state index in [0.717, 1.165) is 6.07 Å². The van der Waals surface area contributed by atoms with E-state index in [-0.39, 0.29) is 23.3 Å². The van der Waals surface area contributed by atoms with Gasteiger partial charge in [-0.25, -0.2) is 14.2 Å². The van der Waals surface area contributed by atoms with Gasteiger partial charge in [0.1, 0.15) is 11.6 Å². The van der Waals surface area contributed by atoms with Gasteiger partial charge in [-0.2, -0.15) is 5.10 Å². The average Bonchev–Trinajstić information content (AvgIpc) is 3.00. The second kappa shape index (κ2) is 3.10. The molecule has 1 saturated carbocycles. The summed E-state index contributed by atoms with van der Waals surface area (Å²) in [4.78, 5) is 11.2. The third-order valence-corrected chi connectivity index (χ3v) is 2.97. The SMILES string of the molecule is O=C1NN=C(c2ccc(F)cc2F)C2CC12. The van der Waals surface area contributed by atoms with E-state index in [4.69, 9.17) is 0 Å². The molecule has 0 spiro atoms. The maximum atomic E-state index is 13.5. The molecule has 2 atom stereocenters. The lowest BCUT2D eigenvalue weighted by Crippen LogP contribution is -2.29. The van der Waals surface area contributed by atoms with Crippen LogP contribution in [0.25, 0.3) is 0 Å². The van der Waals surface area contributed by atoms with Crippen LogP contribution in [0.4, 0.5) is 8.78 Å². The summed E-state index contributed by atoms with van der Waals surface area (Å²) in [6.45, 7) is 0. The summed E-state index contributed by atoms with van der Waals surface area (Å²) in [6.07, 6.45) is 0.696. The van der Waals surface area contributed by atoms with Crippen LogP contribution in [0, 0.1) is 23.5 Å². The quantitative estimate of drug-likeness (QED) is 0.767. The van der Waals surface area contributed by atoms with Crippen molar-refractivity contribution in [2.45, 2.75) is 6.42 Å². The highest BCUT2D eigenvalue weighted by Gasteiger charge is 2.49. The molecule has 0 radical (unpaired) electrons. The van der Waals surface area contributed by atoms with Gasteiger partial charge in [0.05, 0.1) is 5.71 Å². The van der Waals surface area contributed by atoms with Gasteiger partial charge in [0, 0.05) is 23.5 Å². The number of hydrogen-bond donors (Lipinski definition) is 1. The maximum absolute atomic E-state index is 13.5. The fourth-order valence-electron chi connectivity index (χ4n) is 2.03. The number of amides is 1. The molecule has 3 nitrogen and oxygen atoms in total. The highest BCUT2D eigenvalue weighted by Crippen LogP contribution is 2.43. The van der Waals surface area contributed by atoms with Crippen molar-refractivity contribution in [1.29, 1.82) is 0 Å². The number of rotatable bonds is 1. The second-order valence-electron chi connectivity index (χ2n) is 4.05. The summed E-state index contributed by atoms with van der Waals surface area (Å²) in [5.41, 5.74) is 3.14. The van der Waals surface area contributed by atoms with E-state index < -0.39 is 11.6 Å². The Balaban J connectivity index is 2.02. The minimum atomic E-state index is -0.638. The van der Waals surface area contributed by atoms with Crippen molar-refractivity contribution in [2.24, 2.45) is 16.9 Å². The Labute approximate surface area is 90.2 Å². The number of benzene rings is 1. The molecule has 1 fully saturated rings. The van der Waals surface area contributed by atoms with Gasteiger partial charge < -0.3 is 0 Å². The molecule has 2 aliphatic rings. The summed E-state index contributed by atoms with van der Waals surface area (Å²) in [5, 5.41) is 3.85. The molecule has 1 aliphatic carbocycles. The van der Waals surface area contributed by atoms with E-state index >= 15 is 0 Å². The third kappa shape index (κ3) is 1.31. The van der Waals surface area contributed by atoms with Crippen molar-refractivity contribution in [3.8, 4) is 0 Å². The average molecular weight is 222 g/mol. The van der Waals surface area contributed by atoms with Crippen LogP contribution in [0.15, 0.2) is 23.3 Å². The zero-order valence-electron chi connectivity index (χ0n) is 8.21. The standard InChI is InChI=1S/C11H8F2N2O/c12-5-1-2-6(9(13)3-5)10-7-4-8(7)11(16)15-14-10/h1-3,7-8H,4H2,(H,15,16). The zero-order chi connectivity index (χ0) is 11.3. The lowest BCUT2D eigenvalue weighted by molar-refractivity contribution is -0.122. The normalized spacial score (nSPS) is 26.9. The van der Waals surface area contributed by atoms with Crippen molar-refractivity contribution in [3.63, 3.8) is 0 Å². The van der Waals surface area contributed by atoms with E-state index in [0.29, 0.717) is 12.1 Å². The molecule has 1 amide bonds. The fraction of sp³-hybridized carbons (Fsp3) is 0.273. The van der Waals surface area contributed by atoms with Gasteiger partial charge in [0.2, 0.25) is 5.91 Å². The number of hydrogen-bond acceptors (Lipinski definition) is 2. The topological polar surface area (TPSA) is 41.5 Å².